The molecule has 13 heavy (non-hydrogen) atoms. The molecule has 0 aromatic rings. The Labute approximate surface area is 76.6 Å². The first-order chi connectivity index (χ1) is 6.09. The minimum Gasteiger partial charge on any atom is -0.465 e. The summed E-state index contributed by atoms with van der Waals surface area (Å²) in [6.07, 6.45) is -0.0971. The first-order valence-electron chi connectivity index (χ1n) is 4.41. The zero-order chi connectivity index (χ0) is 9.64. The summed E-state index contributed by atoms with van der Waals surface area (Å²) in [7, 11) is 1.94. The summed E-state index contributed by atoms with van der Waals surface area (Å²) in [4.78, 5) is 14.3. The van der Waals surface area contributed by atoms with Crippen LogP contribution in [0.4, 0.5) is 4.79 Å². The molecule has 0 aromatic heterocycles. The molecule has 2 aliphatic rings. The van der Waals surface area contributed by atoms with E-state index in [2.05, 4.69) is 4.90 Å². The van der Waals surface area contributed by atoms with Gasteiger partial charge in [-0.15, -0.1) is 0 Å². The molecule has 0 aromatic carbocycles. The quantitative estimate of drug-likeness (QED) is 0.575. The van der Waals surface area contributed by atoms with E-state index in [1.54, 1.807) is 0 Å². The highest BCUT2D eigenvalue weighted by molar-refractivity contribution is 5.66. The van der Waals surface area contributed by atoms with Crippen LogP contribution in [0.3, 0.4) is 0 Å². The van der Waals surface area contributed by atoms with Crippen LogP contribution in [-0.4, -0.2) is 64.4 Å². The number of hydrogen-bond acceptors (Lipinski definition) is 3. The molecule has 2 N–H and O–H groups in total. The summed E-state index contributed by atoms with van der Waals surface area (Å²) in [5, 5.41) is 18.1. The molecule has 0 unspecified atom stereocenters. The second-order valence-electron chi connectivity index (χ2n) is 4.03. The number of aliphatic hydroxyl groups is 1. The average Bonchev–Trinajstić information content (AvgIpc) is 2.58. The van der Waals surface area contributed by atoms with E-state index >= 15 is 0 Å². The number of hydrogen-bond donors (Lipinski definition) is 2. The lowest BCUT2D eigenvalue weighted by molar-refractivity contribution is 0.0436. The Hall–Kier alpha value is -0.810. The minimum atomic E-state index is -0.867. The highest BCUT2D eigenvalue weighted by atomic mass is 16.4. The molecular formula is C8H14N2O3. The molecule has 2 saturated heterocycles. The lowest BCUT2D eigenvalue weighted by Crippen LogP contribution is -2.55. The van der Waals surface area contributed by atoms with Gasteiger partial charge in [-0.05, 0) is 13.5 Å². The Balaban J connectivity index is 2.19. The number of fused-ring (bicyclic) bond motifs is 2. The van der Waals surface area contributed by atoms with E-state index in [1.165, 1.54) is 4.90 Å². The van der Waals surface area contributed by atoms with Crippen molar-refractivity contribution in [3.05, 3.63) is 0 Å². The van der Waals surface area contributed by atoms with Crippen molar-refractivity contribution >= 4 is 6.09 Å². The SMILES string of the molecule is CN1C[C@@H]2C[C@@]1(CO)CN2C(=O)O. The van der Waals surface area contributed by atoms with Gasteiger partial charge in [0.2, 0.25) is 0 Å². The van der Waals surface area contributed by atoms with Crippen LogP contribution in [0.5, 0.6) is 0 Å². The number of aliphatic hydroxyl groups excluding tert-OH is 1. The zero-order valence-electron chi connectivity index (χ0n) is 7.60. The molecule has 0 radical (unpaired) electrons. The van der Waals surface area contributed by atoms with Gasteiger partial charge in [0.05, 0.1) is 12.1 Å². The number of likely N-dealkylation sites (tertiary alicyclic amines) is 2. The number of nitrogens with zero attached hydrogens (tertiary/aromatic N) is 2. The number of amides is 1. The number of piperazine rings is 1. The molecule has 0 aliphatic carbocycles. The molecule has 2 heterocycles. The van der Waals surface area contributed by atoms with Gasteiger partial charge in [0.25, 0.3) is 0 Å². The van der Waals surface area contributed by atoms with Crippen LogP contribution in [-0.2, 0) is 0 Å². The third kappa shape index (κ3) is 1.04. The molecule has 2 rings (SSSR count). The van der Waals surface area contributed by atoms with Crippen LogP contribution in [0.1, 0.15) is 6.42 Å². The van der Waals surface area contributed by atoms with Crippen molar-refractivity contribution in [2.45, 2.75) is 18.0 Å². The molecule has 74 valence electrons. The zero-order valence-corrected chi connectivity index (χ0v) is 7.60. The van der Waals surface area contributed by atoms with Crippen LogP contribution in [0.2, 0.25) is 0 Å². The summed E-state index contributed by atoms with van der Waals surface area (Å²) in [5.41, 5.74) is -0.303. The topological polar surface area (TPSA) is 64.0 Å². The van der Waals surface area contributed by atoms with Gasteiger partial charge in [0.15, 0.2) is 0 Å². The summed E-state index contributed by atoms with van der Waals surface area (Å²) in [6.45, 7) is 1.23. The Bertz CT molecular complexity index is 246. The van der Waals surface area contributed by atoms with Gasteiger partial charge in [-0.25, -0.2) is 4.79 Å². The monoisotopic (exact) mass is 186 g/mol. The predicted molar refractivity (Wildman–Crippen MR) is 45.6 cm³/mol. The van der Waals surface area contributed by atoms with Crippen molar-refractivity contribution in [1.29, 1.82) is 0 Å². The standard InChI is InChI=1S/C8H14N2O3/c1-9-3-6-2-8(9,5-11)4-10(6)7(12)13/h6,11H,2-5H2,1H3,(H,12,13)/t6-,8-/m0/s1. The van der Waals surface area contributed by atoms with Crippen LogP contribution < -0.4 is 0 Å². The van der Waals surface area contributed by atoms with Gasteiger partial charge < -0.3 is 15.1 Å². The summed E-state index contributed by atoms with van der Waals surface area (Å²) in [6, 6.07) is 0.0784. The van der Waals surface area contributed by atoms with E-state index in [0.717, 1.165) is 13.0 Å². The molecule has 1 amide bonds. The molecule has 2 fully saturated rings. The third-order valence-corrected chi connectivity index (χ3v) is 3.36. The smallest absolute Gasteiger partial charge is 0.407 e. The van der Waals surface area contributed by atoms with Crippen molar-refractivity contribution in [3.8, 4) is 0 Å². The number of likely N-dealkylation sites (N-methyl/N-ethyl adjacent to an activating group) is 1. The van der Waals surface area contributed by atoms with Crippen LogP contribution >= 0.6 is 0 Å². The van der Waals surface area contributed by atoms with Crippen LogP contribution in [0.15, 0.2) is 0 Å². The second kappa shape index (κ2) is 2.59. The molecule has 2 atom stereocenters. The number of carbonyl (C=O) groups is 1. The predicted octanol–water partition coefficient (Wildman–Crippen LogP) is -0.585. The maximum atomic E-state index is 10.8. The fraction of sp³-hybridized carbons (Fsp3) is 0.875. The van der Waals surface area contributed by atoms with Crippen molar-refractivity contribution < 1.29 is 15.0 Å². The van der Waals surface area contributed by atoms with Gasteiger partial charge in [-0.2, -0.15) is 0 Å². The number of carboxylic acid groups (broad SMARTS) is 1. The average molecular weight is 186 g/mol. The fourth-order valence-electron chi connectivity index (χ4n) is 2.47. The van der Waals surface area contributed by atoms with E-state index in [0.29, 0.717) is 6.54 Å². The maximum absolute atomic E-state index is 10.8. The fourth-order valence-corrected chi connectivity index (χ4v) is 2.47. The van der Waals surface area contributed by atoms with E-state index in [1.807, 2.05) is 7.05 Å². The van der Waals surface area contributed by atoms with Crippen molar-refractivity contribution in [2.75, 3.05) is 26.7 Å². The van der Waals surface area contributed by atoms with Crippen LogP contribution in [0, 0.1) is 0 Å². The molecule has 5 heteroatoms. The molecule has 5 nitrogen and oxygen atoms in total. The largest absolute Gasteiger partial charge is 0.465 e. The highest BCUT2D eigenvalue weighted by Gasteiger charge is 2.54. The summed E-state index contributed by atoms with van der Waals surface area (Å²) >= 11 is 0. The van der Waals surface area contributed by atoms with Gasteiger partial charge in [0, 0.05) is 19.1 Å². The highest BCUT2D eigenvalue weighted by Crippen LogP contribution is 2.38. The number of rotatable bonds is 1. The van der Waals surface area contributed by atoms with Crippen molar-refractivity contribution in [3.63, 3.8) is 0 Å². The van der Waals surface area contributed by atoms with Gasteiger partial charge in [-0.3, -0.25) is 4.90 Å². The molecular weight excluding hydrogens is 172 g/mol. The molecule has 0 saturated carbocycles. The van der Waals surface area contributed by atoms with Crippen molar-refractivity contribution in [1.82, 2.24) is 9.80 Å². The Morgan fingerprint density at radius 2 is 2.38 bits per heavy atom. The van der Waals surface area contributed by atoms with Gasteiger partial charge in [-0.1, -0.05) is 0 Å². The Morgan fingerprint density at radius 3 is 2.85 bits per heavy atom. The minimum absolute atomic E-state index is 0.0454. The summed E-state index contributed by atoms with van der Waals surface area (Å²) in [5.74, 6) is 0. The maximum Gasteiger partial charge on any atom is 0.407 e. The second-order valence-corrected chi connectivity index (χ2v) is 4.03. The molecule has 2 aliphatic heterocycles. The van der Waals surface area contributed by atoms with Gasteiger partial charge >= 0.3 is 6.09 Å². The van der Waals surface area contributed by atoms with Crippen LogP contribution in [0.25, 0.3) is 0 Å². The Morgan fingerprint density at radius 1 is 1.69 bits per heavy atom. The summed E-state index contributed by atoms with van der Waals surface area (Å²) < 4.78 is 0. The van der Waals surface area contributed by atoms with E-state index in [-0.39, 0.29) is 18.2 Å². The first-order valence-corrected chi connectivity index (χ1v) is 4.41. The molecule has 0 spiro atoms. The first kappa shape index (κ1) is 8.77. The van der Waals surface area contributed by atoms with Crippen molar-refractivity contribution in [2.24, 2.45) is 0 Å². The third-order valence-electron chi connectivity index (χ3n) is 3.36. The van der Waals surface area contributed by atoms with E-state index in [9.17, 15) is 9.90 Å². The van der Waals surface area contributed by atoms with Gasteiger partial charge in [0.1, 0.15) is 0 Å². The lowest BCUT2D eigenvalue weighted by Gasteiger charge is -2.37. The van der Waals surface area contributed by atoms with E-state index in [4.69, 9.17) is 5.11 Å². The lowest BCUT2D eigenvalue weighted by atomic mass is 10.0. The van der Waals surface area contributed by atoms with E-state index < -0.39 is 6.09 Å². The Kier molecular flexibility index (Phi) is 1.75. The normalized spacial score (nSPS) is 38.6. The molecule has 2 bridgehead atoms.